The second-order valence-corrected chi connectivity index (χ2v) is 9.04. The molecular formula is C24H22ClF3N8O5. The second-order valence-electron chi connectivity index (χ2n) is 8.60. The molecule has 13 nitrogen and oxygen atoms in total. The lowest BCUT2D eigenvalue weighted by Gasteiger charge is -2.20. The SMILES string of the molecule is Cc1ccccc1-n1nc(Cn2nc(-c3ccc(Cl)cc3)n(C[C@H](OC(N)=O)C(F)(F)F)c2=O)nc1COC(N)=O. The summed E-state index contributed by atoms with van der Waals surface area (Å²) in [4.78, 5) is 40.1. The Kier molecular flexibility index (Phi) is 8.32. The lowest BCUT2D eigenvalue weighted by atomic mass is 10.2. The van der Waals surface area contributed by atoms with Crippen LogP contribution in [0.5, 0.6) is 0 Å². The molecule has 0 saturated carbocycles. The van der Waals surface area contributed by atoms with Crippen LogP contribution in [-0.2, 0) is 29.2 Å². The number of nitrogens with two attached hydrogens (primary N) is 2. The van der Waals surface area contributed by atoms with Gasteiger partial charge in [0.2, 0.25) is 6.10 Å². The molecule has 4 rings (SSSR count). The van der Waals surface area contributed by atoms with Gasteiger partial charge in [-0.05, 0) is 42.8 Å². The smallest absolute Gasteiger partial charge is 0.427 e. The van der Waals surface area contributed by atoms with Crippen LogP contribution in [-0.4, -0.2) is 53.6 Å². The number of carbonyl (C=O) groups excluding carboxylic acids is 2. The molecule has 0 unspecified atom stereocenters. The number of aryl methyl sites for hydroxylation is 1. The number of alkyl halides is 3. The van der Waals surface area contributed by atoms with Gasteiger partial charge < -0.3 is 20.9 Å². The van der Waals surface area contributed by atoms with Crippen LogP contribution >= 0.6 is 11.6 Å². The summed E-state index contributed by atoms with van der Waals surface area (Å²) in [6, 6.07) is 12.9. The van der Waals surface area contributed by atoms with Gasteiger partial charge in [-0.3, -0.25) is 4.57 Å². The Hall–Kier alpha value is -4.86. The van der Waals surface area contributed by atoms with Crippen LogP contribution in [0.15, 0.2) is 53.3 Å². The van der Waals surface area contributed by atoms with E-state index in [9.17, 15) is 27.6 Å². The van der Waals surface area contributed by atoms with Crippen LogP contribution in [0.25, 0.3) is 17.1 Å². The number of halogens is 4. The molecule has 41 heavy (non-hydrogen) atoms. The molecule has 0 radical (unpaired) electrons. The average Bonchev–Trinajstić information content (AvgIpc) is 3.43. The second kappa shape index (κ2) is 11.7. The van der Waals surface area contributed by atoms with E-state index in [4.69, 9.17) is 27.8 Å². The molecule has 2 heterocycles. The molecule has 0 aliphatic carbocycles. The molecule has 0 spiro atoms. The Morgan fingerprint density at radius 1 is 1.05 bits per heavy atom. The Labute approximate surface area is 234 Å². The lowest BCUT2D eigenvalue weighted by molar-refractivity contribution is -0.206. The van der Waals surface area contributed by atoms with E-state index in [0.717, 1.165) is 10.2 Å². The molecule has 216 valence electrons. The molecule has 2 aromatic carbocycles. The highest BCUT2D eigenvalue weighted by Crippen LogP contribution is 2.26. The van der Waals surface area contributed by atoms with Crippen molar-refractivity contribution in [3.63, 3.8) is 0 Å². The van der Waals surface area contributed by atoms with E-state index in [1.807, 2.05) is 13.0 Å². The number of carbonyl (C=O) groups is 2. The summed E-state index contributed by atoms with van der Waals surface area (Å²) in [6.45, 7) is -0.0623. The summed E-state index contributed by atoms with van der Waals surface area (Å²) in [5, 5.41) is 8.95. The van der Waals surface area contributed by atoms with Gasteiger partial charge in [0.25, 0.3) is 0 Å². The number of hydrogen-bond donors (Lipinski definition) is 2. The van der Waals surface area contributed by atoms with Gasteiger partial charge >= 0.3 is 24.1 Å². The van der Waals surface area contributed by atoms with Crippen molar-refractivity contribution in [3.8, 4) is 17.1 Å². The normalized spacial score (nSPS) is 12.2. The first-order chi connectivity index (χ1) is 19.3. The van der Waals surface area contributed by atoms with Crippen LogP contribution < -0.4 is 17.2 Å². The Morgan fingerprint density at radius 3 is 2.34 bits per heavy atom. The van der Waals surface area contributed by atoms with Crippen LogP contribution in [0.4, 0.5) is 22.8 Å². The van der Waals surface area contributed by atoms with Crippen molar-refractivity contribution in [1.29, 1.82) is 0 Å². The number of rotatable bonds is 9. The number of primary amides is 2. The van der Waals surface area contributed by atoms with Crippen LogP contribution in [0.3, 0.4) is 0 Å². The van der Waals surface area contributed by atoms with Crippen molar-refractivity contribution < 1.29 is 32.2 Å². The number of aromatic nitrogens is 6. The Morgan fingerprint density at radius 2 is 1.73 bits per heavy atom. The van der Waals surface area contributed by atoms with Crippen molar-refractivity contribution in [3.05, 3.63) is 81.3 Å². The lowest BCUT2D eigenvalue weighted by Crippen LogP contribution is -2.41. The first-order valence-corrected chi connectivity index (χ1v) is 12.1. The number of nitrogens with zero attached hydrogens (tertiary/aromatic N) is 6. The molecule has 0 fully saturated rings. The third kappa shape index (κ3) is 6.84. The third-order valence-corrected chi connectivity index (χ3v) is 5.95. The van der Waals surface area contributed by atoms with Gasteiger partial charge in [0.05, 0.1) is 12.2 Å². The van der Waals surface area contributed by atoms with Crippen molar-refractivity contribution in [2.24, 2.45) is 11.5 Å². The largest absolute Gasteiger partial charge is 0.441 e. The molecule has 0 bridgehead atoms. The van der Waals surface area contributed by atoms with Crippen molar-refractivity contribution >= 4 is 23.8 Å². The van der Waals surface area contributed by atoms with Crippen molar-refractivity contribution in [2.45, 2.75) is 38.9 Å². The summed E-state index contributed by atoms with van der Waals surface area (Å²) >= 11 is 5.94. The van der Waals surface area contributed by atoms with Gasteiger partial charge in [-0.2, -0.15) is 13.2 Å². The number of para-hydroxylation sites is 1. The van der Waals surface area contributed by atoms with Gasteiger partial charge in [0.1, 0.15) is 6.54 Å². The van der Waals surface area contributed by atoms with Gasteiger partial charge in [-0.25, -0.2) is 28.7 Å². The molecular weight excluding hydrogens is 573 g/mol. The van der Waals surface area contributed by atoms with Gasteiger partial charge in [-0.1, -0.05) is 29.8 Å². The van der Waals surface area contributed by atoms with E-state index in [0.29, 0.717) is 15.3 Å². The van der Waals surface area contributed by atoms with Gasteiger partial charge in [0.15, 0.2) is 24.1 Å². The Balaban J connectivity index is 1.78. The van der Waals surface area contributed by atoms with E-state index in [-0.39, 0.29) is 36.2 Å². The minimum absolute atomic E-state index is 0.0199. The van der Waals surface area contributed by atoms with Gasteiger partial charge in [-0.15, -0.1) is 10.2 Å². The monoisotopic (exact) mass is 594 g/mol. The zero-order valence-corrected chi connectivity index (χ0v) is 22.0. The van der Waals surface area contributed by atoms with E-state index in [1.165, 1.54) is 28.9 Å². The number of amides is 2. The summed E-state index contributed by atoms with van der Waals surface area (Å²) in [6.07, 6.45) is -10.5. The molecule has 0 saturated heterocycles. The number of ether oxygens (including phenoxy) is 2. The minimum atomic E-state index is -5.04. The fourth-order valence-electron chi connectivity index (χ4n) is 3.85. The maximum absolute atomic E-state index is 13.6. The number of hydrogen-bond acceptors (Lipinski definition) is 8. The number of benzene rings is 2. The highest BCUT2D eigenvalue weighted by molar-refractivity contribution is 6.30. The topological polar surface area (TPSA) is 175 Å². The predicted octanol–water partition coefficient (Wildman–Crippen LogP) is 2.92. The third-order valence-electron chi connectivity index (χ3n) is 5.69. The maximum atomic E-state index is 13.6. The molecule has 4 aromatic rings. The van der Waals surface area contributed by atoms with E-state index in [2.05, 4.69) is 19.9 Å². The standard InChI is InChI=1S/C24H22ClF3N8O5/c1-13-4-2-3-5-16(13)36-19(12-40-21(29)37)31-18(32-36)11-35-23(39)34(10-17(24(26,27)28)41-22(30)38)20(33-35)14-6-8-15(25)9-7-14/h2-9,17H,10-12H2,1H3,(H2,29,37)(H2,30,38)/t17-/m0/s1. The summed E-state index contributed by atoms with van der Waals surface area (Å²) in [5.74, 6) is 0.00148. The predicted molar refractivity (Wildman–Crippen MR) is 137 cm³/mol. The molecule has 1 atom stereocenters. The minimum Gasteiger partial charge on any atom is -0.441 e. The Bertz CT molecular complexity index is 1630. The highest BCUT2D eigenvalue weighted by Gasteiger charge is 2.44. The van der Waals surface area contributed by atoms with E-state index in [1.54, 1.807) is 18.2 Å². The van der Waals surface area contributed by atoms with Crippen molar-refractivity contribution in [1.82, 2.24) is 29.1 Å². The van der Waals surface area contributed by atoms with Crippen LogP contribution in [0, 0.1) is 6.92 Å². The molecule has 0 aliphatic rings. The summed E-state index contributed by atoms with van der Waals surface area (Å²) in [5.41, 5.74) is 10.6. The fraction of sp³-hybridized carbons (Fsp3) is 0.250. The average molecular weight is 595 g/mol. The van der Waals surface area contributed by atoms with Crippen LogP contribution in [0.2, 0.25) is 5.02 Å². The van der Waals surface area contributed by atoms with Crippen molar-refractivity contribution in [2.75, 3.05) is 0 Å². The highest BCUT2D eigenvalue weighted by atomic mass is 35.5. The molecule has 2 aromatic heterocycles. The quantitative estimate of drug-likeness (QED) is 0.297. The molecule has 17 heteroatoms. The van der Waals surface area contributed by atoms with Crippen LogP contribution in [0.1, 0.15) is 17.2 Å². The summed E-state index contributed by atoms with van der Waals surface area (Å²) < 4.78 is 53.0. The zero-order valence-electron chi connectivity index (χ0n) is 21.2. The molecule has 2 amide bonds. The molecule has 4 N–H and O–H groups in total. The maximum Gasteiger partial charge on any atom is 0.427 e. The zero-order chi connectivity index (χ0) is 29.9. The van der Waals surface area contributed by atoms with E-state index < -0.39 is 36.7 Å². The first-order valence-electron chi connectivity index (χ1n) is 11.7. The molecule has 0 aliphatic heterocycles. The summed E-state index contributed by atoms with van der Waals surface area (Å²) in [7, 11) is 0. The van der Waals surface area contributed by atoms with Gasteiger partial charge in [0, 0.05) is 10.6 Å². The first kappa shape index (κ1) is 29.1. The van der Waals surface area contributed by atoms with E-state index >= 15 is 0 Å². The fourth-order valence-corrected chi connectivity index (χ4v) is 3.98.